The Balaban J connectivity index is 2.17. The summed E-state index contributed by atoms with van der Waals surface area (Å²) in [5, 5.41) is 20.1. The van der Waals surface area contributed by atoms with Gasteiger partial charge >= 0.3 is 0 Å². The van der Waals surface area contributed by atoms with Gasteiger partial charge in [-0.3, -0.25) is 4.79 Å². The van der Waals surface area contributed by atoms with Crippen molar-refractivity contribution in [3.63, 3.8) is 0 Å². The van der Waals surface area contributed by atoms with E-state index in [1.807, 2.05) is 0 Å². The van der Waals surface area contributed by atoms with Crippen LogP contribution in [0.3, 0.4) is 0 Å². The molecular weight excluding hydrogens is 268 g/mol. The standard InChI is InChI=1S/C12H13ClN4O2/c1-7(11-16-14-6-17(11)2)15-12(19)9-5-8(18)3-4-10(9)13/h3-7,18H,1-2H3,(H,15,19). The van der Waals surface area contributed by atoms with Gasteiger partial charge in [0.15, 0.2) is 5.82 Å². The normalized spacial score (nSPS) is 12.2. The molecule has 0 aliphatic carbocycles. The lowest BCUT2D eigenvalue weighted by Gasteiger charge is -2.13. The van der Waals surface area contributed by atoms with Gasteiger partial charge in [-0.15, -0.1) is 10.2 Å². The van der Waals surface area contributed by atoms with Crippen LogP contribution in [0.2, 0.25) is 5.02 Å². The van der Waals surface area contributed by atoms with Crippen molar-refractivity contribution in [3.8, 4) is 5.75 Å². The van der Waals surface area contributed by atoms with Crippen LogP contribution in [0.5, 0.6) is 5.75 Å². The third kappa shape index (κ3) is 2.85. The molecular formula is C12H13ClN4O2. The van der Waals surface area contributed by atoms with Gasteiger partial charge in [0, 0.05) is 7.05 Å². The Labute approximate surface area is 115 Å². The molecule has 2 rings (SSSR count). The molecule has 1 atom stereocenters. The highest BCUT2D eigenvalue weighted by Gasteiger charge is 2.17. The van der Waals surface area contributed by atoms with Crippen molar-refractivity contribution in [1.82, 2.24) is 20.1 Å². The average molecular weight is 281 g/mol. The molecule has 0 bridgehead atoms. The zero-order chi connectivity index (χ0) is 14.0. The van der Waals surface area contributed by atoms with Crippen LogP contribution in [0.1, 0.15) is 29.1 Å². The number of aromatic hydroxyl groups is 1. The molecule has 2 N–H and O–H groups in total. The summed E-state index contributed by atoms with van der Waals surface area (Å²) in [6, 6.07) is 3.89. The molecule has 100 valence electrons. The molecule has 1 heterocycles. The number of aryl methyl sites for hydroxylation is 1. The fourth-order valence-corrected chi connectivity index (χ4v) is 1.91. The van der Waals surface area contributed by atoms with Gasteiger partial charge in [-0.25, -0.2) is 0 Å². The van der Waals surface area contributed by atoms with E-state index in [2.05, 4.69) is 15.5 Å². The third-order valence-electron chi connectivity index (χ3n) is 2.68. The number of carbonyl (C=O) groups is 1. The predicted molar refractivity (Wildman–Crippen MR) is 70.0 cm³/mol. The third-order valence-corrected chi connectivity index (χ3v) is 3.01. The van der Waals surface area contributed by atoms with Crippen molar-refractivity contribution in [2.24, 2.45) is 7.05 Å². The number of rotatable bonds is 3. The first-order valence-corrected chi connectivity index (χ1v) is 6.00. The zero-order valence-electron chi connectivity index (χ0n) is 10.5. The Morgan fingerprint density at radius 2 is 2.26 bits per heavy atom. The van der Waals surface area contributed by atoms with Gasteiger partial charge < -0.3 is 15.0 Å². The maximum Gasteiger partial charge on any atom is 0.253 e. The number of halogens is 1. The number of aromatic nitrogens is 3. The van der Waals surface area contributed by atoms with Crippen LogP contribution in [0, 0.1) is 0 Å². The number of hydrogen-bond donors (Lipinski definition) is 2. The van der Waals surface area contributed by atoms with Crippen molar-refractivity contribution in [2.75, 3.05) is 0 Å². The topological polar surface area (TPSA) is 80.0 Å². The van der Waals surface area contributed by atoms with Gasteiger partial charge in [-0.05, 0) is 25.1 Å². The van der Waals surface area contributed by atoms with Crippen molar-refractivity contribution in [1.29, 1.82) is 0 Å². The summed E-state index contributed by atoms with van der Waals surface area (Å²) in [6.45, 7) is 1.79. The average Bonchev–Trinajstić information content (AvgIpc) is 2.78. The molecule has 1 aromatic carbocycles. The minimum atomic E-state index is -0.378. The minimum Gasteiger partial charge on any atom is -0.508 e. The van der Waals surface area contributed by atoms with Crippen LogP contribution >= 0.6 is 11.6 Å². The van der Waals surface area contributed by atoms with E-state index < -0.39 is 0 Å². The largest absolute Gasteiger partial charge is 0.508 e. The number of amides is 1. The Hall–Kier alpha value is -2.08. The Kier molecular flexibility index (Phi) is 3.71. The lowest BCUT2D eigenvalue weighted by atomic mass is 10.2. The molecule has 1 amide bonds. The quantitative estimate of drug-likeness (QED) is 0.896. The second kappa shape index (κ2) is 5.27. The lowest BCUT2D eigenvalue weighted by Crippen LogP contribution is -2.28. The maximum atomic E-state index is 12.1. The van der Waals surface area contributed by atoms with Crippen molar-refractivity contribution < 1.29 is 9.90 Å². The van der Waals surface area contributed by atoms with Crippen molar-refractivity contribution >= 4 is 17.5 Å². The number of benzene rings is 1. The summed E-state index contributed by atoms with van der Waals surface area (Å²) < 4.78 is 1.72. The molecule has 0 spiro atoms. The highest BCUT2D eigenvalue weighted by molar-refractivity contribution is 6.33. The van der Waals surface area contributed by atoms with Crippen LogP contribution in [0.15, 0.2) is 24.5 Å². The van der Waals surface area contributed by atoms with Gasteiger partial charge in [-0.2, -0.15) is 0 Å². The monoisotopic (exact) mass is 280 g/mol. The van der Waals surface area contributed by atoms with E-state index in [4.69, 9.17) is 11.6 Å². The van der Waals surface area contributed by atoms with E-state index >= 15 is 0 Å². The van der Waals surface area contributed by atoms with Crippen LogP contribution in [0.4, 0.5) is 0 Å². The Morgan fingerprint density at radius 3 is 2.89 bits per heavy atom. The van der Waals surface area contributed by atoms with Gasteiger partial charge in [-0.1, -0.05) is 11.6 Å². The molecule has 6 nitrogen and oxygen atoms in total. The highest BCUT2D eigenvalue weighted by atomic mass is 35.5. The van der Waals surface area contributed by atoms with Crippen LogP contribution in [-0.2, 0) is 7.05 Å². The van der Waals surface area contributed by atoms with Gasteiger partial charge in [0.25, 0.3) is 5.91 Å². The van der Waals surface area contributed by atoms with E-state index in [9.17, 15) is 9.90 Å². The molecule has 19 heavy (non-hydrogen) atoms. The molecule has 0 fully saturated rings. The molecule has 0 radical (unpaired) electrons. The summed E-state index contributed by atoms with van der Waals surface area (Å²) in [7, 11) is 1.79. The molecule has 0 aliphatic heterocycles. The number of nitrogens with one attached hydrogen (secondary N) is 1. The van der Waals surface area contributed by atoms with Gasteiger partial charge in [0.1, 0.15) is 12.1 Å². The van der Waals surface area contributed by atoms with Crippen LogP contribution < -0.4 is 5.32 Å². The summed E-state index contributed by atoms with van der Waals surface area (Å²) in [5.41, 5.74) is 0.218. The van der Waals surface area contributed by atoms with Gasteiger partial charge in [0.2, 0.25) is 0 Å². The number of phenols is 1. The second-order valence-electron chi connectivity index (χ2n) is 4.16. The SMILES string of the molecule is CC(NC(=O)c1cc(O)ccc1Cl)c1nncn1C. The highest BCUT2D eigenvalue weighted by Crippen LogP contribution is 2.21. The van der Waals surface area contributed by atoms with E-state index in [1.165, 1.54) is 18.2 Å². The fraction of sp³-hybridized carbons (Fsp3) is 0.250. The van der Waals surface area contributed by atoms with Gasteiger partial charge in [0.05, 0.1) is 16.6 Å². The van der Waals surface area contributed by atoms with Crippen molar-refractivity contribution in [3.05, 3.63) is 40.9 Å². The number of phenolic OH excluding ortho intramolecular Hbond substituents is 1. The second-order valence-corrected chi connectivity index (χ2v) is 4.57. The molecule has 1 unspecified atom stereocenters. The molecule has 0 aliphatic rings. The number of hydrogen-bond acceptors (Lipinski definition) is 4. The Morgan fingerprint density at radius 1 is 1.53 bits per heavy atom. The first-order chi connectivity index (χ1) is 8.99. The summed E-state index contributed by atoms with van der Waals surface area (Å²) >= 11 is 5.93. The number of carbonyl (C=O) groups excluding carboxylic acids is 1. The van der Waals surface area contributed by atoms with Crippen LogP contribution in [0.25, 0.3) is 0 Å². The fourth-order valence-electron chi connectivity index (χ4n) is 1.71. The summed E-state index contributed by atoms with van der Waals surface area (Å²) in [4.78, 5) is 12.1. The first-order valence-electron chi connectivity index (χ1n) is 5.62. The molecule has 0 saturated carbocycles. The maximum absolute atomic E-state index is 12.1. The predicted octanol–water partition coefficient (Wildman–Crippen LogP) is 1.67. The summed E-state index contributed by atoms with van der Waals surface area (Å²) in [5.74, 6) is 0.238. The lowest BCUT2D eigenvalue weighted by molar-refractivity contribution is 0.0937. The first kappa shape index (κ1) is 13.4. The molecule has 1 aromatic heterocycles. The van der Waals surface area contributed by atoms with E-state index in [0.717, 1.165) is 0 Å². The van der Waals surface area contributed by atoms with Crippen molar-refractivity contribution in [2.45, 2.75) is 13.0 Å². The molecule has 7 heteroatoms. The number of nitrogens with zero attached hydrogens (tertiary/aromatic N) is 3. The minimum absolute atomic E-state index is 0.0131. The molecule has 0 saturated heterocycles. The Bertz CT molecular complexity index is 612. The van der Waals surface area contributed by atoms with E-state index in [-0.39, 0.29) is 28.3 Å². The molecule has 2 aromatic rings. The van der Waals surface area contributed by atoms with Crippen LogP contribution in [-0.4, -0.2) is 25.8 Å². The zero-order valence-corrected chi connectivity index (χ0v) is 11.2. The van der Waals surface area contributed by atoms with E-state index in [0.29, 0.717) is 5.82 Å². The van der Waals surface area contributed by atoms with E-state index in [1.54, 1.807) is 24.9 Å². The smallest absolute Gasteiger partial charge is 0.253 e. The summed E-state index contributed by atoms with van der Waals surface area (Å²) in [6.07, 6.45) is 1.55.